The van der Waals surface area contributed by atoms with Crippen LogP contribution in [0.3, 0.4) is 0 Å². The number of aliphatic hydroxyl groups excluding tert-OH is 4. The highest BCUT2D eigenvalue weighted by atomic mass is 31.2. The third-order valence-electron chi connectivity index (χ3n) is 10.7. The van der Waals surface area contributed by atoms with Crippen molar-refractivity contribution in [3.63, 3.8) is 0 Å². The summed E-state index contributed by atoms with van der Waals surface area (Å²) in [5, 5.41) is 41.2. The standard InChI is InChI=1S/C45H82O16P2/c1-3-5-7-9-11-13-15-17-18-19-20-22-24-26-28-30-32-34-39(47)59-37(35-57-38(46)33-31-29-27-25-23-21-16-14-12-10-8-6-4-2)36-58-63(55,56)61-45-42(50)40(48)41(49)44(43(45)51)60-62(52,53)54/h11,13,17-18,20,22,37,40-45,48-51H,3-10,12,14-16,19,21,23-36H2,1-2H3,(H,55,56)(H2,52,53,54). The monoisotopic (exact) mass is 941 g/mol. The van der Waals surface area contributed by atoms with Crippen LogP contribution in [0.4, 0.5) is 0 Å². The van der Waals surface area contributed by atoms with Gasteiger partial charge >= 0.3 is 27.6 Å². The summed E-state index contributed by atoms with van der Waals surface area (Å²) in [6.07, 6.45) is 23.9. The largest absolute Gasteiger partial charge is 0.472 e. The van der Waals surface area contributed by atoms with Crippen LogP contribution in [-0.4, -0.2) is 103 Å². The molecule has 8 atom stereocenters. The van der Waals surface area contributed by atoms with Gasteiger partial charge in [-0.25, -0.2) is 9.13 Å². The maximum absolute atomic E-state index is 13.0. The number of allylic oxidation sites excluding steroid dienone is 6. The molecule has 0 heterocycles. The fourth-order valence-corrected chi connectivity index (χ4v) is 8.57. The summed E-state index contributed by atoms with van der Waals surface area (Å²) in [5.41, 5.74) is 0. The molecule has 0 radical (unpaired) electrons. The summed E-state index contributed by atoms with van der Waals surface area (Å²) in [6.45, 7) is 3.06. The van der Waals surface area contributed by atoms with E-state index in [9.17, 15) is 44.0 Å². The van der Waals surface area contributed by atoms with Gasteiger partial charge < -0.3 is 44.6 Å². The van der Waals surface area contributed by atoms with Crippen LogP contribution in [0, 0.1) is 0 Å². The summed E-state index contributed by atoms with van der Waals surface area (Å²) in [6, 6.07) is 0. The normalized spacial score (nSPS) is 22.2. The molecule has 0 aliphatic heterocycles. The molecule has 7 N–H and O–H groups in total. The van der Waals surface area contributed by atoms with Gasteiger partial charge in [0.15, 0.2) is 6.10 Å². The Kier molecular flexibility index (Phi) is 34.2. The Hall–Kier alpha value is -1.78. The molecule has 1 aliphatic rings. The SMILES string of the molecule is CCCCCC=CCC=CCC=CCCCCCCC(=O)OC(COC(=O)CCCCCCCCCCCCCCC)COP(=O)(O)OC1C(O)C(O)C(O)C(OP(=O)(O)O)C1O. The fourth-order valence-electron chi connectivity index (χ4n) is 7.03. The Morgan fingerprint density at radius 2 is 0.921 bits per heavy atom. The molecule has 0 amide bonds. The van der Waals surface area contributed by atoms with Crippen LogP contribution in [-0.2, 0) is 41.8 Å². The number of carbonyl (C=O) groups excluding carboxylic acids is 2. The molecule has 18 heteroatoms. The fraction of sp³-hybridized carbons (Fsp3) is 0.822. The molecule has 0 aromatic heterocycles. The highest BCUT2D eigenvalue weighted by Crippen LogP contribution is 2.49. The van der Waals surface area contributed by atoms with Crippen molar-refractivity contribution >= 4 is 27.6 Å². The van der Waals surface area contributed by atoms with Crippen LogP contribution in [0.2, 0.25) is 0 Å². The van der Waals surface area contributed by atoms with E-state index < -0.39 is 83.5 Å². The molecule has 8 unspecified atom stereocenters. The number of hydrogen-bond donors (Lipinski definition) is 7. The van der Waals surface area contributed by atoms with Gasteiger partial charge in [-0.3, -0.25) is 23.2 Å². The summed E-state index contributed by atoms with van der Waals surface area (Å²) in [5.74, 6) is -1.23. The third kappa shape index (κ3) is 30.9. The van der Waals surface area contributed by atoms with Gasteiger partial charge in [-0.1, -0.05) is 153 Å². The van der Waals surface area contributed by atoms with Crippen LogP contribution in [0.5, 0.6) is 0 Å². The Labute approximate surface area is 376 Å². The molecule has 0 aromatic carbocycles. The molecule has 368 valence electrons. The van der Waals surface area contributed by atoms with Crippen LogP contribution in [0.15, 0.2) is 36.5 Å². The highest BCUT2D eigenvalue weighted by Gasteiger charge is 2.54. The van der Waals surface area contributed by atoms with Gasteiger partial charge in [0.05, 0.1) is 6.61 Å². The van der Waals surface area contributed by atoms with E-state index >= 15 is 0 Å². The number of unbranched alkanes of at least 4 members (excludes halogenated alkanes) is 19. The first kappa shape index (κ1) is 59.2. The zero-order valence-corrected chi connectivity index (χ0v) is 39.8. The summed E-state index contributed by atoms with van der Waals surface area (Å²) < 4.78 is 49.3. The summed E-state index contributed by atoms with van der Waals surface area (Å²) in [4.78, 5) is 54.2. The lowest BCUT2D eigenvalue weighted by atomic mass is 9.85. The van der Waals surface area contributed by atoms with Crippen molar-refractivity contribution < 1.29 is 76.9 Å². The van der Waals surface area contributed by atoms with Crippen LogP contribution >= 0.6 is 15.6 Å². The average molecular weight is 941 g/mol. The second-order valence-corrected chi connectivity index (χ2v) is 19.1. The smallest absolute Gasteiger partial charge is 0.462 e. The number of esters is 2. The first-order valence-electron chi connectivity index (χ1n) is 23.5. The minimum absolute atomic E-state index is 0.0198. The minimum Gasteiger partial charge on any atom is -0.462 e. The maximum atomic E-state index is 13.0. The molecule has 1 saturated carbocycles. The Bertz CT molecular complexity index is 1370. The number of carbonyl (C=O) groups is 2. The van der Waals surface area contributed by atoms with E-state index in [1.807, 2.05) is 0 Å². The molecular weight excluding hydrogens is 858 g/mol. The molecular formula is C45H82O16P2. The molecule has 63 heavy (non-hydrogen) atoms. The molecule has 0 saturated heterocycles. The Morgan fingerprint density at radius 3 is 1.43 bits per heavy atom. The van der Waals surface area contributed by atoms with E-state index in [1.165, 1.54) is 70.6 Å². The van der Waals surface area contributed by atoms with Crippen LogP contribution in [0.1, 0.15) is 181 Å². The van der Waals surface area contributed by atoms with E-state index in [2.05, 4.69) is 54.8 Å². The number of phosphoric acid groups is 2. The predicted molar refractivity (Wildman–Crippen MR) is 241 cm³/mol. The predicted octanol–water partition coefficient (Wildman–Crippen LogP) is 8.73. The average Bonchev–Trinajstić information content (AvgIpc) is 3.23. The number of ether oxygens (including phenoxy) is 2. The van der Waals surface area contributed by atoms with Crippen molar-refractivity contribution in [1.82, 2.24) is 0 Å². The zero-order valence-electron chi connectivity index (χ0n) is 38.0. The van der Waals surface area contributed by atoms with Crippen molar-refractivity contribution in [1.29, 1.82) is 0 Å². The molecule has 0 aromatic rings. The van der Waals surface area contributed by atoms with Crippen molar-refractivity contribution in [3.05, 3.63) is 36.5 Å². The van der Waals surface area contributed by atoms with Crippen LogP contribution < -0.4 is 0 Å². The summed E-state index contributed by atoms with van der Waals surface area (Å²) >= 11 is 0. The topological polar surface area (TPSA) is 256 Å². The van der Waals surface area contributed by atoms with Crippen molar-refractivity contribution in [3.8, 4) is 0 Å². The van der Waals surface area contributed by atoms with Crippen LogP contribution in [0.25, 0.3) is 0 Å². The van der Waals surface area contributed by atoms with Gasteiger partial charge in [-0.2, -0.15) is 0 Å². The van der Waals surface area contributed by atoms with Gasteiger partial charge in [-0.05, 0) is 51.4 Å². The third-order valence-corrected chi connectivity index (χ3v) is 12.2. The first-order valence-corrected chi connectivity index (χ1v) is 26.6. The molecule has 1 rings (SSSR count). The second-order valence-electron chi connectivity index (χ2n) is 16.5. The number of aliphatic hydroxyl groups is 4. The lowest BCUT2D eigenvalue weighted by molar-refractivity contribution is -0.216. The van der Waals surface area contributed by atoms with E-state index in [4.69, 9.17) is 28.3 Å². The number of hydrogen-bond acceptors (Lipinski definition) is 13. The quantitative estimate of drug-likeness (QED) is 0.0132. The lowest BCUT2D eigenvalue weighted by Gasteiger charge is -2.43. The Balaban J connectivity index is 2.62. The summed E-state index contributed by atoms with van der Waals surface area (Å²) in [7, 11) is -10.7. The van der Waals surface area contributed by atoms with Crippen molar-refractivity contribution in [2.24, 2.45) is 0 Å². The van der Waals surface area contributed by atoms with Crippen molar-refractivity contribution in [2.45, 2.75) is 224 Å². The molecule has 0 bridgehead atoms. The van der Waals surface area contributed by atoms with E-state index in [-0.39, 0.29) is 12.8 Å². The Morgan fingerprint density at radius 1 is 0.508 bits per heavy atom. The zero-order chi connectivity index (χ0) is 46.8. The van der Waals surface area contributed by atoms with E-state index in [0.29, 0.717) is 12.8 Å². The minimum atomic E-state index is -5.36. The first-order chi connectivity index (χ1) is 30.1. The van der Waals surface area contributed by atoms with Gasteiger partial charge in [0, 0.05) is 12.8 Å². The molecule has 0 spiro atoms. The molecule has 16 nitrogen and oxygen atoms in total. The highest BCUT2D eigenvalue weighted by molar-refractivity contribution is 7.47. The van der Waals surface area contributed by atoms with E-state index in [1.54, 1.807) is 0 Å². The van der Waals surface area contributed by atoms with Gasteiger partial charge in [0.25, 0.3) is 0 Å². The molecule has 1 aliphatic carbocycles. The van der Waals surface area contributed by atoms with Gasteiger partial charge in [0.2, 0.25) is 0 Å². The second kappa shape index (κ2) is 36.4. The van der Waals surface area contributed by atoms with Crippen molar-refractivity contribution in [2.75, 3.05) is 13.2 Å². The van der Waals surface area contributed by atoms with E-state index in [0.717, 1.165) is 70.6 Å². The van der Waals surface area contributed by atoms with Gasteiger partial charge in [-0.15, -0.1) is 0 Å². The molecule has 1 fully saturated rings. The van der Waals surface area contributed by atoms with Gasteiger partial charge in [0.1, 0.15) is 43.2 Å². The lowest BCUT2D eigenvalue weighted by Crippen LogP contribution is -2.64. The maximum Gasteiger partial charge on any atom is 0.472 e. The number of phosphoric ester groups is 2. The number of rotatable bonds is 39.